The van der Waals surface area contributed by atoms with Crippen LogP contribution in [0.1, 0.15) is 25.3 Å². The Hall–Kier alpha value is -0.740. The Morgan fingerprint density at radius 1 is 1.32 bits per heavy atom. The number of likely N-dealkylation sites (tertiary alicyclic amines) is 1. The summed E-state index contributed by atoms with van der Waals surface area (Å²) in [5.41, 5.74) is 2.19. The van der Waals surface area contributed by atoms with Gasteiger partial charge in [-0.2, -0.15) is 0 Å². The van der Waals surface area contributed by atoms with Crippen LogP contribution in [-0.2, 0) is 0 Å². The number of benzene rings is 1. The number of nitrogens with zero attached hydrogens (tertiary/aromatic N) is 1. The molecule has 0 saturated carbocycles. The van der Waals surface area contributed by atoms with Gasteiger partial charge in [0.15, 0.2) is 0 Å². The maximum atomic E-state index is 9.67. The quantitative estimate of drug-likeness (QED) is 0.905. The Morgan fingerprint density at radius 2 is 2.05 bits per heavy atom. The van der Waals surface area contributed by atoms with E-state index in [1.54, 1.807) is 6.07 Å². The van der Waals surface area contributed by atoms with Gasteiger partial charge >= 0.3 is 0 Å². The zero-order valence-electron chi connectivity index (χ0n) is 12.7. The average Bonchev–Trinajstić information content (AvgIpc) is 2.47. The molecule has 22 heavy (non-hydrogen) atoms. The summed E-state index contributed by atoms with van der Waals surface area (Å²) < 4.78 is 5.80. The zero-order valence-corrected chi connectivity index (χ0v) is 14.2. The average molecular weight is 342 g/mol. The molecule has 1 N–H and O–H groups in total. The molecule has 0 bridgehead atoms. The third-order valence-corrected chi connectivity index (χ3v) is 5.04. The first-order valence-corrected chi connectivity index (χ1v) is 8.50. The summed E-state index contributed by atoms with van der Waals surface area (Å²) in [5, 5.41) is 10.9. The van der Waals surface area contributed by atoms with Crippen molar-refractivity contribution < 1.29 is 9.84 Å². The molecule has 2 aliphatic rings. The van der Waals surface area contributed by atoms with E-state index < -0.39 is 0 Å². The van der Waals surface area contributed by atoms with Crippen molar-refractivity contribution in [3.63, 3.8) is 0 Å². The van der Waals surface area contributed by atoms with Gasteiger partial charge in [-0.1, -0.05) is 23.2 Å². The number of piperidine rings is 1. The number of fused-ring (bicyclic) bond motifs is 1. The van der Waals surface area contributed by atoms with Crippen LogP contribution in [0.15, 0.2) is 17.7 Å². The molecule has 1 saturated heterocycles. The lowest BCUT2D eigenvalue weighted by Gasteiger charge is -2.34. The first kappa shape index (κ1) is 16.1. The predicted molar refractivity (Wildman–Crippen MR) is 90.8 cm³/mol. The molecule has 0 radical (unpaired) electrons. The fourth-order valence-electron chi connectivity index (χ4n) is 3.24. The van der Waals surface area contributed by atoms with E-state index in [1.807, 2.05) is 13.0 Å². The third-order valence-electron chi connectivity index (χ3n) is 4.54. The maximum Gasteiger partial charge on any atom is 0.145 e. The predicted octanol–water partition coefficient (Wildman–Crippen LogP) is 3.86. The van der Waals surface area contributed by atoms with Crippen LogP contribution in [0.3, 0.4) is 0 Å². The minimum absolute atomic E-state index is 0.199. The molecule has 0 aliphatic carbocycles. The number of aliphatic hydroxyl groups is 1. The Labute approximate surface area is 141 Å². The number of hydrogen-bond acceptors (Lipinski definition) is 3. The normalized spacial score (nSPS) is 21.0. The molecule has 3 nitrogen and oxygen atoms in total. The van der Waals surface area contributed by atoms with Crippen LogP contribution < -0.4 is 4.74 Å². The van der Waals surface area contributed by atoms with Crippen molar-refractivity contribution in [2.45, 2.75) is 25.9 Å². The largest absolute Gasteiger partial charge is 0.487 e. The molecule has 120 valence electrons. The van der Waals surface area contributed by atoms with Crippen molar-refractivity contribution in [3.05, 3.63) is 33.3 Å². The summed E-state index contributed by atoms with van der Waals surface area (Å²) in [7, 11) is 0. The van der Waals surface area contributed by atoms with Crippen LogP contribution >= 0.6 is 23.2 Å². The fourth-order valence-corrected chi connectivity index (χ4v) is 3.80. The first-order chi connectivity index (χ1) is 10.5. The van der Waals surface area contributed by atoms with Crippen LogP contribution in [0.4, 0.5) is 0 Å². The van der Waals surface area contributed by atoms with E-state index in [-0.39, 0.29) is 6.10 Å². The highest BCUT2D eigenvalue weighted by molar-refractivity contribution is 6.36. The highest BCUT2D eigenvalue weighted by Gasteiger charge is 2.24. The molecule has 0 amide bonds. The highest BCUT2D eigenvalue weighted by atomic mass is 35.5. The van der Waals surface area contributed by atoms with E-state index in [1.165, 1.54) is 5.57 Å². The lowest BCUT2D eigenvalue weighted by molar-refractivity contribution is 0.0742. The van der Waals surface area contributed by atoms with Gasteiger partial charge in [-0.15, -0.1) is 0 Å². The molecule has 2 heterocycles. The standard InChI is InChI=1S/C17H21Cl2NO2/c1-11(21)13-2-4-20(5-3-13)9-12-6-14-7-15(18)8-16(19)17(14)22-10-12/h6-8,11,13,21H,2-5,9-10H2,1H3. The number of rotatable bonds is 3. The van der Waals surface area contributed by atoms with Crippen LogP contribution in [0.5, 0.6) is 5.75 Å². The van der Waals surface area contributed by atoms with E-state index >= 15 is 0 Å². The molecule has 1 atom stereocenters. The SMILES string of the molecule is CC(O)C1CCN(CC2=Cc3cc(Cl)cc(Cl)c3OC2)CC1. The molecule has 1 aromatic rings. The number of aliphatic hydroxyl groups excluding tert-OH is 1. The summed E-state index contributed by atoms with van der Waals surface area (Å²) in [6, 6.07) is 3.60. The van der Waals surface area contributed by atoms with Gasteiger partial charge in [-0.05, 0) is 62.6 Å². The van der Waals surface area contributed by atoms with E-state index in [0.717, 1.165) is 43.8 Å². The Morgan fingerprint density at radius 3 is 2.73 bits per heavy atom. The Bertz CT molecular complexity index is 578. The van der Waals surface area contributed by atoms with Crippen molar-refractivity contribution >= 4 is 29.3 Å². The van der Waals surface area contributed by atoms with Gasteiger partial charge in [0.05, 0.1) is 11.1 Å². The van der Waals surface area contributed by atoms with Crippen LogP contribution in [0, 0.1) is 5.92 Å². The first-order valence-electron chi connectivity index (χ1n) is 7.74. The van der Waals surface area contributed by atoms with E-state index in [4.69, 9.17) is 27.9 Å². The van der Waals surface area contributed by atoms with E-state index in [9.17, 15) is 5.11 Å². The topological polar surface area (TPSA) is 32.7 Å². The Balaban J connectivity index is 1.66. The smallest absolute Gasteiger partial charge is 0.145 e. The summed E-state index contributed by atoms with van der Waals surface area (Å²) in [5.74, 6) is 1.16. The van der Waals surface area contributed by atoms with Crippen LogP contribution in [0.2, 0.25) is 10.0 Å². The van der Waals surface area contributed by atoms with Gasteiger partial charge in [0, 0.05) is 17.1 Å². The number of ether oxygens (including phenoxy) is 1. The molecule has 2 aliphatic heterocycles. The lowest BCUT2D eigenvalue weighted by atomic mass is 9.92. The minimum atomic E-state index is -0.199. The van der Waals surface area contributed by atoms with Crippen molar-refractivity contribution in [1.29, 1.82) is 0 Å². The molecular formula is C17H21Cl2NO2. The summed E-state index contributed by atoms with van der Waals surface area (Å²) in [6.07, 6.45) is 4.05. The van der Waals surface area contributed by atoms with E-state index in [0.29, 0.717) is 22.6 Å². The highest BCUT2D eigenvalue weighted by Crippen LogP contribution is 2.36. The molecule has 1 aromatic carbocycles. The van der Waals surface area contributed by atoms with Gasteiger partial charge in [0.1, 0.15) is 12.4 Å². The van der Waals surface area contributed by atoms with Gasteiger partial charge < -0.3 is 9.84 Å². The number of halogens is 2. The zero-order chi connectivity index (χ0) is 15.7. The van der Waals surface area contributed by atoms with Crippen LogP contribution in [-0.4, -0.2) is 42.4 Å². The second-order valence-corrected chi connectivity index (χ2v) is 7.10. The van der Waals surface area contributed by atoms with Crippen molar-refractivity contribution in [2.75, 3.05) is 26.2 Å². The van der Waals surface area contributed by atoms with Gasteiger partial charge in [-0.3, -0.25) is 4.90 Å². The second-order valence-electron chi connectivity index (χ2n) is 6.25. The van der Waals surface area contributed by atoms with Gasteiger partial charge in [0.25, 0.3) is 0 Å². The summed E-state index contributed by atoms with van der Waals surface area (Å²) in [6.45, 7) is 5.41. The maximum absolute atomic E-state index is 9.67. The molecule has 0 spiro atoms. The van der Waals surface area contributed by atoms with Gasteiger partial charge in [-0.25, -0.2) is 0 Å². The second kappa shape index (κ2) is 6.79. The molecular weight excluding hydrogens is 321 g/mol. The minimum Gasteiger partial charge on any atom is -0.487 e. The van der Waals surface area contributed by atoms with E-state index in [2.05, 4.69) is 11.0 Å². The third kappa shape index (κ3) is 3.60. The molecule has 1 fully saturated rings. The van der Waals surface area contributed by atoms with Crippen molar-refractivity contribution in [2.24, 2.45) is 5.92 Å². The lowest BCUT2D eigenvalue weighted by Crippen LogP contribution is -2.38. The molecule has 5 heteroatoms. The molecule has 1 unspecified atom stereocenters. The molecule has 3 rings (SSSR count). The van der Waals surface area contributed by atoms with Crippen LogP contribution in [0.25, 0.3) is 6.08 Å². The van der Waals surface area contributed by atoms with Crippen molar-refractivity contribution in [3.8, 4) is 5.75 Å². The summed E-state index contributed by atoms with van der Waals surface area (Å²) in [4.78, 5) is 2.42. The Kier molecular flexibility index (Phi) is 4.98. The van der Waals surface area contributed by atoms with Gasteiger partial charge in [0.2, 0.25) is 0 Å². The summed E-state index contributed by atoms with van der Waals surface area (Å²) >= 11 is 12.2. The monoisotopic (exact) mass is 341 g/mol. The number of hydrogen-bond donors (Lipinski definition) is 1. The fraction of sp³-hybridized carbons (Fsp3) is 0.529. The van der Waals surface area contributed by atoms with Crippen molar-refractivity contribution in [1.82, 2.24) is 4.90 Å². The molecule has 0 aromatic heterocycles.